The van der Waals surface area contributed by atoms with Crippen LogP contribution in [-0.2, 0) is 23.8 Å². The lowest BCUT2D eigenvalue weighted by molar-refractivity contribution is -0.119. The average molecular weight is 328 g/mol. The van der Waals surface area contributed by atoms with Gasteiger partial charge in [0.05, 0.1) is 17.9 Å². The summed E-state index contributed by atoms with van der Waals surface area (Å²) in [5.41, 5.74) is 0.318. The summed E-state index contributed by atoms with van der Waals surface area (Å²) in [5, 5.41) is 0. The summed E-state index contributed by atoms with van der Waals surface area (Å²) in [5.74, 6) is -1.23. The van der Waals surface area contributed by atoms with Gasteiger partial charge in [0.1, 0.15) is 0 Å². The fourth-order valence-electron chi connectivity index (χ4n) is 1.99. The molecule has 0 aliphatic carbocycles. The maximum atomic E-state index is 12.0. The van der Waals surface area contributed by atoms with Crippen LogP contribution in [0, 0.1) is 5.92 Å². The Labute approximate surface area is 130 Å². The number of hydrogen-bond donors (Lipinski definition) is 0. The fourth-order valence-corrected chi connectivity index (χ4v) is 2.75. The van der Waals surface area contributed by atoms with Gasteiger partial charge in [-0.05, 0) is 18.6 Å². The van der Waals surface area contributed by atoms with E-state index in [1.54, 1.807) is 44.2 Å². The van der Waals surface area contributed by atoms with Crippen molar-refractivity contribution in [3.8, 4) is 0 Å². The second-order valence-corrected chi connectivity index (χ2v) is 6.58. The molecular weight excluding hydrogens is 308 g/mol. The lowest BCUT2D eigenvalue weighted by Gasteiger charge is -2.26. The molecule has 7 heteroatoms. The second kappa shape index (κ2) is 8.05. The SMILES string of the molecule is CC[C@H](OS(C)(=O)=O)[C@@H](C)[C@H](C=O)OC(=O)c1ccccc1. The molecule has 0 N–H and O–H groups in total. The fraction of sp³-hybridized carbons (Fsp3) is 0.467. The Morgan fingerprint density at radius 1 is 1.27 bits per heavy atom. The number of carbonyl (C=O) groups excluding carboxylic acids is 2. The Bertz CT molecular complexity index is 596. The van der Waals surface area contributed by atoms with Crippen molar-refractivity contribution in [3.05, 3.63) is 35.9 Å². The summed E-state index contributed by atoms with van der Waals surface area (Å²) in [4.78, 5) is 23.2. The molecule has 3 atom stereocenters. The summed E-state index contributed by atoms with van der Waals surface area (Å²) in [7, 11) is -3.66. The molecule has 0 bridgehead atoms. The van der Waals surface area contributed by atoms with Crippen molar-refractivity contribution in [2.75, 3.05) is 6.26 Å². The van der Waals surface area contributed by atoms with Gasteiger partial charge in [0.2, 0.25) is 0 Å². The number of esters is 1. The molecule has 6 nitrogen and oxygen atoms in total. The first-order valence-electron chi connectivity index (χ1n) is 6.88. The number of ether oxygens (including phenoxy) is 1. The molecule has 1 aromatic rings. The average Bonchev–Trinajstić information content (AvgIpc) is 2.49. The van der Waals surface area contributed by atoms with Crippen LogP contribution in [0.1, 0.15) is 30.6 Å². The van der Waals surface area contributed by atoms with Gasteiger partial charge in [-0.25, -0.2) is 4.79 Å². The van der Waals surface area contributed by atoms with Crippen LogP contribution in [0.5, 0.6) is 0 Å². The van der Waals surface area contributed by atoms with Gasteiger partial charge in [-0.2, -0.15) is 8.42 Å². The van der Waals surface area contributed by atoms with Crippen LogP contribution in [0.2, 0.25) is 0 Å². The molecule has 0 unspecified atom stereocenters. The van der Waals surface area contributed by atoms with E-state index < -0.39 is 34.2 Å². The highest BCUT2D eigenvalue weighted by Gasteiger charge is 2.30. The third kappa shape index (κ3) is 5.57. The first-order chi connectivity index (χ1) is 10.3. The largest absolute Gasteiger partial charge is 0.451 e. The molecule has 1 aromatic carbocycles. The zero-order chi connectivity index (χ0) is 16.8. The molecule has 0 heterocycles. The van der Waals surface area contributed by atoms with Gasteiger partial charge in [-0.1, -0.05) is 32.0 Å². The van der Waals surface area contributed by atoms with Gasteiger partial charge in [-0.3, -0.25) is 8.98 Å². The first-order valence-corrected chi connectivity index (χ1v) is 8.69. The lowest BCUT2D eigenvalue weighted by Crippen LogP contribution is -2.36. The molecule has 0 saturated heterocycles. The Morgan fingerprint density at radius 2 is 1.86 bits per heavy atom. The Hall–Kier alpha value is -1.73. The van der Waals surface area contributed by atoms with E-state index in [1.807, 2.05) is 0 Å². The Kier molecular flexibility index (Phi) is 6.70. The number of aldehydes is 1. The summed E-state index contributed by atoms with van der Waals surface area (Å²) >= 11 is 0. The van der Waals surface area contributed by atoms with Gasteiger partial charge in [0.25, 0.3) is 10.1 Å². The highest BCUT2D eigenvalue weighted by atomic mass is 32.2. The molecule has 0 aliphatic rings. The zero-order valence-corrected chi connectivity index (χ0v) is 13.6. The number of rotatable bonds is 8. The van der Waals surface area contributed by atoms with Gasteiger partial charge in [-0.15, -0.1) is 0 Å². The maximum absolute atomic E-state index is 12.0. The van der Waals surface area contributed by atoms with Crippen LogP contribution < -0.4 is 0 Å². The van der Waals surface area contributed by atoms with Gasteiger partial charge < -0.3 is 4.74 Å². The van der Waals surface area contributed by atoms with Crippen molar-refractivity contribution in [2.45, 2.75) is 32.5 Å². The molecular formula is C15H20O6S. The molecule has 22 heavy (non-hydrogen) atoms. The molecule has 0 radical (unpaired) electrons. The molecule has 1 rings (SSSR count). The predicted octanol–water partition coefficient (Wildman–Crippen LogP) is 1.80. The topological polar surface area (TPSA) is 86.7 Å². The molecule has 0 amide bonds. The standard InChI is InChI=1S/C15H20O6S/c1-4-13(21-22(3,18)19)11(2)14(10-16)20-15(17)12-8-6-5-7-9-12/h5-11,13-14H,4H2,1-3H3/t11-,13+,14+/m1/s1. The van der Waals surface area contributed by atoms with Crippen LogP contribution in [0.15, 0.2) is 30.3 Å². The molecule has 0 aromatic heterocycles. The van der Waals surface area contributed by atoms with Crippen LogP contribution in [0.3, 0.4) is 0 Å². The van der Waals surface area contributed by atoms with E-state index in [1.165, 1.54) is 0 Å². The van der Waals surface area contributed by atoms with Gasteiger partial charge >= 0.3 is 5.97 Å². The first kappa shape index (κ1) is 18.3. The minimum absolute atomic E-state index is 0.318. The highest BCUT2D eigenvalue weighted by Crippen LogP contribution is 2.20. The van der Waals surface area contributed by atoms with Crippen molar-refractivity contribution >= 4 is 22.4 Å². The maximum Gasteiger partial charge on any atom is 0.338 e. The lowest BCUT2D eigenvalue weighted by atomic mass is 9.97. The zero-order valence-electron chi connectivity index (χ0n) is 12.8. The van der Waals surface area contributed by atoms with E-state index in [4.69, 9.17) is 8.92 Å². The summed E-state index contributed by atoms with van der Waals surface area (Å²) in [6.45, 7) is 3.34. The third-order valence-electron chi connectivity index (χ3n) is 3.19. The van der Waals surface area contributed by atoms with Gasteiger partial charge in [0, 0.05) is 5.92 Å². The molecule has 122 valence electrons. The highest BCUT2D eigenvalue weighted by molar-refractivity contribution is 7.86. The summed E-state index contributed by atoms with van der Waals surface area (Å²) in [6.07, 6.45) is -0.0385. The molecule has 0 aliphatic heterocycles. The van der Waals surface area contributed by atoms with Crippen molar-refractivity contribution in [3.63, 3.8) is 0 Å². The predicted molar refractivity (Wildman–Crippen MR) is 80.9 cm³/mol. The van der Waals surface area contributed by atoms with Crippen LogP contribution in [0.25, 0.3) is 0 Å². The number of carbonyl (C=O) groups is 2. The second-order valence-electron chi connectivity index (χ2n) is 4.98. The third-order valence-corrected chi connectivity index (χ3v) is 3.79. The van der Waals surface area contributed by atoms with Crippen molar-refractivity contribution in [1.82, 2.24) is 0 Å². The Morgan fingerprint density at radius 3 is 2.32 bits per heavy atom. The van der Waals surface area contributed by atoms with Crippen molar-refractivity contribution in [2.24, 2.45) is 5.92 Å². The van der Waals surface area contributed by atoms with E-state index in [0.717, 1.165) is 6.26 Å². The minimum Gasteiger partial charge on any atom is -0.451 e. The van der Waals surface area contributed by atoms with E-state index in [2.05, 4.69) is 0 Å². The van der Waals surface area contributed by atoms with E-state index >= 15 is 0 Å². The number of benzene rings is 1. The minimum atomic E-state index is -3.66. The van der Waals surface area contributed by atoms with E-state index in [-0.39, 0.29) is 0 Å². The summed E-state index contributed by atoms with van der Waals surface area (Å²) in [6, 6.07) is 8.25. The van der Waals surface area contributed by atoms with Crippen LogP contribution >= 0.6 is 0 Å². The molecule has 0 saturated carbocycles. The van der Waals surface area contributed by atoms with E-state index in [0.29, 0.717) is 18.3 Å². The molecule has 0 fully saturated rings. The summed E-state index contributed by atoms with van der Waals surface area (Å²) < 4.78 is 32.6. The quantitative estimate of drug-likeness (QED) is 0.411. The smallest absolute Gasteiger partial charge is 0.338 e. The van der Waals surface area contributed by atoms with Gasteiger partial charge in [0.15, 0.2) is 12.4 Å². The number of hydrogen-bond acceptors (Lipinski definition) is 6. The van der Waals surface area contributed by atoms with Crippen LogP contribution in [-0.4, -0.2) is 39.1 Å². The van der Waals surface area contributed by atoms with Crippen LogP contribution in [0.4, 0.5) is 0 Å². The monoisotopic (exact) mass is 328 g/mol. The van der Waals surface area contributed by atoms with Crippen molar-refractivity contribution in [1.29, 1.82) is 0 Å². The normalized spacial score (nSPS) is 15.6. The van der Waals surface area contributed by atoms with E-state index in [9.17, 15) is 18.0 Å². The van der Waals surface area contributed by atoms with Crippen molar-refractivity contribution < 1.29 is 26.9 Å². The molecule has 0 spiro atoms. The Balaban J connectivity index is 2.81.